The van der Waals surface area contributed by atoms with Crippen molar-refractivity contribution in [3.63, 3.8) is 0 Å². The molecule has 0 unspecified atom stereocenters. The van der Waals surface area contributed by atoms with E-state index in [0.717, 1.165) is 52.0 Å². The number of carbonyl (C=O) groups excluding carboxylic acids is 2. The van der Waals surface area contributed by atoms with Gasteiger partial charge in [-0.2, -0.15) is 0 Å². The van der Waals surface area contributed by atoms with Gasteiger partial charge in [0.25, 0.3) is 5.91 Å². The van der Waals surface area contributed by atoms with Gasteiger partial charge in [-0.15, -0.1) is 5.10 Å². The molecular formula is C30H29N7O2. The van der Waals surface area contributed by atoms with Crippen LogP contribution in [0.1, 0.15) is 28.9 Å². The van der Waals surface area contributed by atoms with Crippen LogP contribution in [0.3, 0.4) is 0 Å². The average molecular weight is 520 g/mol. The first-order valence-corrected chi connectivity index (χ1v) is 13.0. The van der Waals surface area contributed by atoms with Gasteiger partial charge >= 0.3 is 0 Å². The van der Waals surface area contributed by atoms with Crippen molar-refractivity contribution < 1.29 is 9.59 Å². The molecule has 6 rings (SSSR count). The van der Waals surface area contributed by atoms with E-state index in [1.165, 1.54) is 6.08 Å². The van der Waals surface area contributed by atoms with Crippen molar-refractivity contribution in [1.82, 2.24) is 24.5 Å². The summed E-state index contributed by atoms with van der Waals surface area (Å²) in [7, 11) is 0. The number of carbonyl (C=O) groups is 2. The van der Waals surface area contributed by atoms with E-state index < -0.39 is 0 Å². The van der Waals surface area contributed by atoms with Gasteiger partial charge in [0.05, 0.1) is 11.9 Å². The fourth-order valence-electron chi connectivity index (χ4n) is 5.20. The number of para-hydroxylation sites is 1. The summed E-state index contributed by atoms with van der Waals surface area (Å²) in [5.41, 5.74) is 6.08. The molecule has 1 atom stereocenters. The number of H-pyrrole nitrogens is 1. The molecule has 1 aliphatic heterocycles. The molecule has 1 fully saturated rings. The Kier molecular flexibility index (Phi) is 6.32. The number of aromatic nitrogens is 4. The Bertz CT molecular complexity index is 1700. The number of nitrogens with one attached hydrogen (secondary N) is 3. The van der Waals surface area contributed by atoms with Gasteiger partial charge in [0.15, 0.2) is 5.65 Å². The maximum atomic E-state index is 13.3. The van der Waals surface area contributed by atoms with Crippen LogP contribution >= 0.6 is 0 Å². The molecule has 3 N–H and O–H groups in total. The monoisotopic (exact) mass is 519 g/mol. The second kappa shape index (κ2) is 10.1. The van der Waals surface area contributed by atoms with E-state index in [4.69, 9.17) is 5.10 Å². The first kappa shape index (κ1) is 24.4. The number of hydrogen-bond acceptors (Lipinski definition) is 5. The summed E-state index contributed by atoms with van der Waals surface area (Å²) in [6.07, 6.45) is 6.88. The quantitative estimate of drug-likeness (QED) is 0.273. The van der Waals surface area contributed by atoms with E-state index in [1.807, 2.05) is 40.9 Å². The van der Waals surface area contributed by atoms with E-state index in [9.17, 15) is 9.59 Å². The molecule has 0 saturated carbocycles. The number of rotatable bonds is 6. The third-order valence-electron chi connectivity index (χ3n) is 7.16. The number of hydrogen-bond donors (Lipinski definition) is 3. The Labute approximate surface area is 225 Å². The maximum absolute atomic E-state index is 13.3. The van der Waals surface area contributed by atoms with Gasteiger partial charge < -0.3 is 20.5 Å². The van der Waals surface area contributed by atoms with Gasteiger partial charge in [-0.3, -0.25) is 9.59 Å². The van der Waals surface area contributed by atoms with Crippen LogP contribution in [0.2, 0.25) is 0 Å². The molecule has 4 heterocycles. The standard InChI is InChI=1S/C30H29N7O2/c1-3-28(38)34-21-12-10-20(11-13-21)30(39)36-14-6-7-22(18-36)33-27-15-24(29-32-16-19(2)37(29)35-27)25-17-31-26-9-5-4-8-23(25)26/h3-5,8-13,15-17,22,31H,1,6-7,14,18H2,2H3,(H,33,35)(H,34,38)/t22-/m1/s1. The Morgan fingerprint density at radius 3 is 2.77 bits per heavy atom. The SMILES string of the molecule is C=CC(=O)Nc1ccc(C(=O)N2CCC[C@@H](Nc3cc(-c4c[nH]c5ccccc45)c4ncc(C)n4n3)C2)cc1. The zero-order valence-corrected chi connectivity index (χ0v) is 21.6. The van der Waals surface area contributed by atoms with Gasteiger partial charge in [0.2, 0.25) is 5.91 Å². The number of benzene rings is 2. The largest absolute Gasteiger partial charge is 0.364 e. The van der Waals surface area contributed by atoms with Crippen molar-refractivity contribution in [2.24, 2.45) is 0 Å². The molecule has 3 aromatic heterocycles. The minimum absolute atomic E-state index is 0.0311. The molecule has 9 nitrogen and oxygen atoms in total. The number of fused-ring (bicyclic) bond motifs is 2. The number of likely N-dealkylation sites (tertiary alicyclic amines) is 1. The molecule has 0 bridgehead atoms. The highest BCUT2D eigenvalue weighted by Gasteiger charge is 2.25. The summed E-state index contributed by atoms with van der Waals surface area (Å²) < 4.78 is 1.87. The first-order valence-electron chi connectivity index (χ1n) is 13.0. The smallest absolute Gasteiger partial charge is 0.253 e. The van der Waals surface area contributed by atoms with Crippen LogP contribution in [0.4, 0.5) is 11.5 Å². The molecule has 2 aromatic carbocycles. The zero-order valence-electron chi connectivity index (χ0n) is 21.6. The van der Waals surface area contributed by atoms with Gasteiger partial charge in [-0.05, 0) is 62.2 Å². The predicted molar refractivity (Wildman–Crippen MR) is 153 cm³/mol. The summed E-state index contributed by atoms with van der Waals surface area (Å²) in [5, 5.41) is 12.3. The van der Waals surface area contributed by atoms with E-state index in [1.54, 1.807) is 24.3 Å². The molecule has 0 aliphatic carbocycles. The minimum atomic E-state index is -0.287. The van der Waals surface area contributed by atoms with Crippen molar-refractivity contribution in [3.05, 3.63) is 90.9 Å². The second-order valence-corrected chi connectivity index (χ2v) is 9.83. The number of amides is 2. The molecule has 0 spiro atoms. The van der Waals surface area contributed by atoms with Gasteiger partial charge in [-0.1, -0.05) is 24.8 Å². The Morgan fingerprint density at radius 2 is 1.95 bits per heavy atom. The summed E-state index contributed by atoms with van der Waals surface area (Å²) in [6.45, 7) is 6.71. The number of nitrogens with zero attached hydrogens (tertiary/aromatic N) is 4. The predicted octanol–water partition coefficient (Wildman–Crippen LogP) is 5.03. The lowest BCUT2D eigenvalue weighted by molar-refractivity contribution is -0.111. The lowest BCUT2D eigenvalue weighted by atomic mass is 10.0. The van der Waals surface area contributed by atoms with E-state index in [0.29, 0.717) is 24.3 Å². The second-order valence-electron chi connectivity index (χ2n) is 9.83. The normalized spacial score (nSPS) is 15.4. The Hall–Kier alpha value is -4.92. The van der Waals surface area contributed by atoms with Crippen LogP contribution in [0.25, 0.3) is 27.7 Å². The van der Waals surface area contributed by atoms with Crippen molar-refractivity contribution in [2.75, 3.05) is 23.7 Å². The molecule has 5 aromatic rings. The van der Waals surface area contributed by atoms with Crippen LogP contribution in [0.15, 0.2) is 79.6 Å². The Morgan fingerprint density at radius 1 is 1.13 bits per heavy atom. The minimum Gasteiger partial charge on any atom is -0.364 e. The van der Waals surface area contributed by atoms with Gasteiger partial charge in [0.1, 0.15) is 5.82 Å². The van der Waals surface area contributed by atoms with Crippen LogP contribution in [-0.4, -0.2) is 55.4 Å². The third-order valence-corrected chi connectivity index (χ3v) is 7.16. The van der Waals surface area contributed by atoms with E-state index >= 15 is 0 Å². The zero-order chi connectivity index (χ0) is 26.9. The molecule has 196 valence electrons. The highest BCUT2D eigenvalue weighted by atomic mass is 16.2. The number of imidazole rings is 1. The van der Waals surface area contributed by atoms with E-state index in [2.05, 4.69) is 45.4 Å². The highest BCUT2D eigenvalue weighted by Crippen LogP contribution is 2.33. The lowest BCUT2D eigenvalue weighted by Crippen LogP contribution is -2.45. The summed E-state index contributed by atoms with van der Waals surface area (Å²) in [5.74, 6) is 0.423. The Balaban J connectivity index is 1.23. The molecule has 2 amide bonds. The molecule has 0 radical (unpaired) electrons. The van der Waals surface area contributed by atoms with Gasteiger partial charge in [-0.25, -0.2) is 9.50 Å². The van der Waals surface area contributed by atoms with Crippen LogP contribution in [-0.2, 0) is 4.79 Å². The fourth-order valence-corrected chi connectivity index (χ4v) is 5.20. The maximum Gasteiger partial charge on any atom is 0.253 e. The number of anilines is 2. The number of aryl methyl sites for hydroxylation is 1. The van der Waals surface area contributed by atoms with Crippen LogP contribution < -0.4 is 10.6 Å². The number of aromatic amines is 1. The van der Waals surface area contributed by atoms with Crippen molar-refractivity contribution in [2.45, 2.75) is 25.8 Å². The third kappa shape index (κ3) is 4.74. The van der Waals surface area contributed by atoms with Crippen LogP contribution in [0.5, 0.6) is 0 Å². The average Bonchev–Trinajstić information content (AvgIpc) is 3.56. The van der Waals surface area contributed by atoms with Crippen molar-refractivity contribution in [3.8, 4) is 11.1 Å². The summed E-state index contributed by atoms with van der Waals surface area (Å²) in [6, 6.07) is 17.3. The lowest BCUT2D eigenvalue weighted by Gasteiger charge is -2.33. The molecule has 39 heavy (non-hydrogen) atoms. The molecule has 1 saturated heterocycles. The van der Waals surface area contributed by atoms with Gasteiger partial charge in [0, 0.05) is 58.6 Å². The topological polar surface area (TPSA) is 107 Å². The first-order chi connectivity index (χ1) is 19.0. The van der Waals surface area contributed by atoms with E-state index in [-0.39, 0.29) is 17.9 Å². The van der Waals surface area contributed by atoms with Crippen molar-refractivity contribution >= 4 is 39.9 Å². The highest BCUT2D eigenvalue weighted by molar-refractivity contribution is 6.00. The fraction of sp³-hybridized carbons (Fsp3) is 0.200. The molecule has 9 heteroatoms. The molecule has 1 aliphatic rings. The summed E-state index contributed by atoms with van der Waals surface area (Å²) >= 11 is 0. The molecular weight excluding hydrogens is 490 g/mol. The number of piperidine rings is 1. The van der Waals surface area contributed by atoms with Crippen molar-refractivity contribution in [1.29, 1.82) is 0 Å². The van der Waals surface area contributed by atoms with Crippen LogP contribution in [0, 0.1) is 6.92 Å². The summed E-state index contributed by atoms with van der Waals surface area (Å²) in [4.78, 5) is 34.7.